The van der Waals surface area contributed by atoms with Crippen LogP contribution >= 0.6 is 11.6 Å². The summed E-state index contributed by atoms with van der Waals surface area (Å²) in [6.45, 7) is 10.8. The van der Waals surface area contributed by atoms with E-state index in [0.717, 1.165) is 30.2 Å². The molecular formula is C15H25ClN4. The molecule has 0 bridgehead atoms. The maximum Gasteiger partial charge on any atom is 0.137 e. The van der Waals surface area contributed by atoms with Crippen LogP contribution in [0, 0.1) is 6.92 Å². The van der Waals surface area contributed by atoms with Crippen LogP contribution in [0.15, 0.2) is 0 Å². The first kappa shape index (κ1) is 15.5. The zero-order valence-corrected chi connectivity index (χ0v) is 13.5. The molecule has 112 valence electrons. The topological polar surface area (TPSA) is 41.1 Å². The van der Waals surface area contributed by atoms with Gasteiger partial charge in [0.25, 0.3) is 0 Å². The van der Waals surface area contributed by atoms with Crippen molar-refractivity contribution in [3.05, 3.63) is 16.5 Å². The number of hydrogen-bond donors (Lipinski definition) is 1. The van der Waals surface area contributed by atoms with Crippen LogP contribution in [-0.2, 0) is 0 Å². The number of hydrogen-bond acceptors (Lipinski definition) is 4. The van der Waals surface area contributed by atoms with Crippen molar-refractivity contribution in [3.63, 3.8) is 0 Å². The van der Waals surface area contributed by atoms with Crippen LogP contribution < -0.4 is 5.32 Å². The molecule has 2 rings (SSSR count). The standard InChI is InChI=1S/C15H25ClN4/c1-11(2)14-18-13(16)12(3)15(19-14)17-7-6-10-20-8-4-5-9-20/h11H,4-10H2,1-3H3,(H,17,18,19). The van der Waals surface area contributed by atoms with E-state index in [1.54, 1.807) is 0 Å². The van der Waals surface area contributed by atoms with Gasteiger partial charge in [0, 0.05) is 18.0 Å². The largest absolute Gasteiger partial charge is 0.370 e. The second kappa shape index (κ2) is 7.23. The van der Waals surface area contributed by atoms with Gasteiger partial charge in [0.05, 0.1) is 0 Å². The molecule has 1 aliphatic heterocycles. The van der Waals surface area contributed by atoms with Gasteiger partial charge < -0.3 is 10.2 Å². The number of rotatable bonds is 6. The fourth-order valence-electron chi connectivity index (χ4n) is 2.45. The van der Waals surface area contributed by atoms with Crippen molar-refractivity contribution in [1.82, 2.24) is 14.9 Å². The molecule has 0 saturated carbocycles. The third kappa shape index (κ3) is 4.06. The van der Waals surface area contributed by atoms with E-state index in [-0.39, 0.29) is 0 Å². The molecule has 0 spiro atoms. The molecular weight excluding hydrogens is 272 g/mol. The molecule has 0 atom stereocenters. The van der Waals surface area contributed by atoms with E-state index in [4.69, 9.17) is 11.6 Å². The molecule has 20 heavy (non-hydrogen) atoms. The van der Waals surface area contributed by atoms with Gasteiger partial charge in [-0.3, -0.25) is 0 Å². The highest BCUT2D eigenvalue weighted by molar-refractivity contribution is 6.30. The van der Waals surface area contributed by atoms with Crippen molar-refractivity contribution in [2.75, 3.05) is 31.5 Å². The minimum atomic E-state index is 0.290. The van der Waals surface area contributed by atoms with Gasteiger partial charge in [-0.05, 0) is 45.8 Å². The number of halogens is 1. The Bertz CT molecular complexity index is 442. The van der Waals surface area contributed by atoms with Crippen LogP contribution in [0.3, 0.4) is 0 Å². The average molecular weight is 297 g/mol. The van der Waals surface area contributed by atoms with Crippen molar-refractivity contribution in [3.8, 4) is 0 Å². The normalized spacial score (nSPS) is 16.1. The summed E-state index contributed by atoms with van der Waals surface area (Å²) in [6, 6.07) is 0. The van der Waals surface area contributed by atoms with Crippen molar-refractivity contribution in [2.45, 2.75) is 46.0 Å². The molecule has 0 aromatic carbocycles. The Morgan fingerprint density at radius 3 is 2.60 bits per heavy atom. The maximum absolute atomic E-state index is 6.18. The predicted molar refractivity (Wildman–Crippen MR) is 84.6 cm³/mol. The van der Waals surface area contributed by atoms with E-state index < -0.39 is 0 Å². The molecule has 0 unspecified atom stereocenters. The van der Waals surface area contributed by atoms with E-state index in [0.29, 0.717) is 11.1 Å². The Hall–Kier alpha value is -0.870. The average Bonchev–Trinajstić information content (AvgIpc) is 2.92. The lowest BCUT2D eigenvalue weighted by atomic mass is 10.2. The van der Waals surface area contributed by atoms with Gasteiger partial charge in [0.1, 0.15) is 16.8 Å². The Morgan fingerprint density at radius 1 is 1.25 bits per heavy atom. The molecule has 4 nitrogen and oxygen atoms in total. The monoisotopic (exact) mass is 296 g/mol. The summed E-state index contributed by atoms with van der Waals surface area (Å²) in [5.74, 6) is 1.98. The second-order valence-corrected chi connectivity index (χ2v) is 6.19. The van der Waals surface area contributed by atoms with E-state index >= 15 is 0 Å². The smallest absolute Gasteiger partial charge is 0.137 e. The molecule has 5 heteroatoms. The number of nitrogens with one attached hydrogen (secondary N) is 1. The predicted octanol–water partition coefficient (Wildman–Crippen LogP) is 3.46. The Labute approximate surface area is 126 Å². The highest BCUT2D eigenvalue weighted by Crippen LogP contribution is 2.22. The summed E-state index contributed by atoms with van der Waals surface area (Å²) in [6.07, 6.45) is 3.84. The summed E-state index contributed by atoms with van der Waals surface area (Å²) in [4.78, 5) is 11.4. The Kier molecular flexibility index (Phi) is 5.61. The molecule has 2 heterocycles. The molecule has 0 amide bonds. The van der Waals surface area contributed by atoms with Crippen LogP contribution in [0.5, 0.6) is 0 Å². The van der Waals surface area contributed by atoms with Crippen LogP contribution in [0.1, 0.15) is 50.4 Å². The van der Waals surface area contributed by atoms with Gasteiger partial charge in [-0.2, -0.15) is 0 Å². The van der Waals surface area contributed by atoms with Crippen LogP contribution in [0.2, 0.25) is 5.15 Å². The number of aromatic nitrogens is 2. The Balaban J connectivity index is 1.87. The first-order valence-corrected chi connectivity index (χ1v) is 7.96. The highest BCUT2D eigenvalue weighted by atomic mass is 35.5. The third-order valence-electron chi connectivity index (χ3n) is 3.76. The van der Waals surface area contributed by atoms with E-state index in [1.165, 1.54) is 32.5 Å². The highest BCUT2D eigenvalue weighted by Gasteiger charge is 2.12. The molecule has 1 aliphatic rings. The van der Waals surface area contributed by atoms with Gasteiger partial charge in [-0.25, -0.2) is 9.97 Å². The zero-order chi connectivity index (χ0) is 14.5. The van der Waals surface area contributed by atoms with Crippen LogP contribution in [0.25, 0.3) is 0 Å². The van der Waals surface area contributed by atoms with Crippen molar-refractivity contribution in [1.29, 1.82) is 0 Å². The van der Waals surface area contributed by atoms with E-state index in [1.807, 2.05) is 6.92 Å². The van der Waals surface area contributed by atoms with Crippen molar-refractivity contribution in [2.24, 2.45) is 0 Å². The van der Waals surface area contributed by atoms with Gasteiger partial charge in [-0.15, -0.1) is 0 Å². The summed E-state index contributed by atoms with van der Waals surface area (Å²) in [5.41, 5.74) is 0.942. The quantitative estimate of drug-likeness (QED) is 0.645. The van der Waals surface area contributed by atoms with Crippen molar-refractivity contribution < 1.29 is 0 Å². The minimum Gasteiger partial charge on any atom is -0.370 e. The lowest BCUT2D eigenvalue weighted by molar-refractivity contribution is 0.337. The van der Waals surface area contributed by atoms with Crippen LogP contribution in [-0.4, -0.2) is 41.0 Å². The maximum atomic E-state index is 6.18. The molecule has 1 fully saturated rings. The lowest BCUT2D eigenvalue weighted by Crippen LogP contribution is -2.22. The summed E-state index contributed by atoms with van der Waals surface area (Å²) in [5, 5.41) is 3.97. The zero-order valence-electron chi connectivity index (χ0n) is 12.7. The third-order valence-corrected chi connectivity index (χ3v) is 4.13. The molecule has 1 aromatic heterocycles. The summed E-state index contributed by atoms with van der Waals surface area (Å²) in [7, 11) is 0. The minimum absolute atomic E-state index is 0.290. The number of likely N-dealkylation sites (tertiary alicyclic amines) is 1. The van der Waals surface area contributed by atoms with E-state index in [2.05, 4.69) is 34.0 Å². The fourth-order valence-corrected chi connectivity index (χ4v) is 2.63. The SMILES string of the molecule is Cc1c(Cl)nc(C(C)C)nc1NCCCN1CCCC1. The van der Waals surface area contributed by atoms with Gasteiger partial charge in [0.2, 0.25) is 0 Å². The molecule has 0 aliphatic carbocycles. The number of nitrogens with zero attached hydrogens (tertiary/aromatic N) is 3. The fraction of sp³-hybridized carbons (Fsp3) is 0.733. The molecule has 0 radical (unpaired) electrons. The van der Waals surface area contributed by atoms with Gasteiger partial charge >= 0.3 is 0 Å². The summed E-state index contributed by atoms with van der Waals surface area (Å²) < 4.78 is 0. The van der Waals surface area contributed by atoms with Gasteiger partial charge in [0.15, 0.2) is 0 Å². The Morgan fingerprint density at radius 2 is 1.95 bits per heavy atom. The van der Waals surface area contributed by atoms with Crippen LogP contribution in [0.4, 0.5) is 5.82 Å². The lowest BCUT2D eigenvalue weighted by Gasteiger charge is -2.16. The molecule has 1 aromatic rings. The van der Waals surface area contributed by atoms with Gasteiger partial charge in [-0.1, -0.05) is 25.4 Å². The number of anilines is 1. The summed E-state index contributed by atoms with van der Waals surface area (Å²) >= 11 is 6.18. The molecule has 1 saturated heterocycles. The van der Waals surface area contributed by atoms with Crippen molar-refractivity contribution >= 4 is 17.4 Å². The first-order valence-electron chi connectivity index (χ1n) is 7.58. The first-order chi connectivity index (χ1) is 9.58. The molecule has 1 N–H and O–H groups in total. The van der Waals surface area contributed by atoms with E-state index in [9.17, 15) is 0 Å². The second-order valence-electron chi connectivity index (χ2n) is 5.83.